The molecule has 0 radical (unpaired) electrons. The SMILES string of the molecule is Cc1cnc(N)c(C(O)c2ccc3nc(C)ccc3c2)c1. The molecule has 0 saturated heterocycles. The number of aliphatic hydroxyl groups is 1. The molecule has 0 aliphatic carbocycles. The number of hydrogen-bond acceptors (Lipinski definition) is 4. The molecule has 4 heteroatoms. The van der Waals surface area contributed by atoms with Gasteiger partial charge in [-0.25, -0.2) is 4.98 Å². The van der Waals surface area contributed by atoms with Crippen LogP contribution >= 0.6 is 0 Å². The van der Waals surface area contributed by atoms with Crippen molar-refractivity contribution in [3.63, 3.8) is 0 Å². The molecular weight excluding hydrogens is 262 g/mol. The van der Waals surface area contributed by atoms with Gasteiger partial charge in [-0.3, -0.25) is 4.98 Å². The highest BCUT2D eigenvalue weighted by atomic mass is 16.3. The van der Waals surface area contributed by atoms with Gasteiger partial charge in [-0.2, -0.15) is 0 Å². The number of benzene rings is 1. The number of pyridine rings is 2. The fourth-order valence-corrected chi connectivity index (χ4v) is 2.42. The van der Waals surface area contributed by atoms with Crippen molar-refractivity contribution in [2.24, 2.45) is 0 Å². The Bertz CT molecular complexity index is 814. The fraction of sp³-hybridized carbons (Fsp3) is 0.176. The van der Waals surface area contributed by atoms with Crippen molar-refractivity contribution in [2.75, 3.05) is 5.73 Å². The molecule has 3 N–H and O–H groups in total. The fourth-order valence-electron chi connectivity index (χ4n) is 2.42. The van der Waals surface area contributed by atoms with E-state index >= 15 is 0 Å². The summed E-state index contributed by atoms with van der Waals surface area (Å²) in [4.78, 5) is 8.57. The van der Waals surface area contributed by atoms with Gasteiger partial charge in [-0.05, 0) is 49.2 Å². The van der Waals surface area contributed by atoms with Gasteiger partial charge in [-0.1, -0.05) is 12.1 Å². The molecule has 3 aromatic rings. The number of nitrogens with zero attached hydrogens (tertiary/aromatic N) is 2. The van der Waals surface area contributed by atoms with Gasteiger partial charge in [0.05, 0.1) is 5.52 Å². The van der Waals surface area contributed by atoms with Gasteiger partial charge < -0.3 is 10.8 Å². The molecule has 0 aliphatic heterocycles. The van der Waals surface area contributed by atoms with Crippen LogP contribution in [-0.4, -0.2) is 15.1 Å². The highest BCUT2D eigenvalue weighted by molar-refractivity contribution is 5.79. The van der Waals surface area contributed by atoms with Crippen LogP contribution in [0, 0.1) is 13.8 Å². The minimum Gasteiger partial charge on any atom is -0.384 e. The lowest BCUT2D eigenvalue weighted by atomic mass is 9.99. The number of anilines is 1. The maximum Gasteiger partial charge on any atom is 0.129 e. The van der Waals surface area contributed by atoms with Crippen molar-refractivity contribution in [1.29, 1.82) is 0 Å². The van der Waals surface area contributed by atoms with E-state index in [1.54, 1.807) is 6.20 Å². The maximum atomic E-state index is 10.6. The molecule has 2 heterocycles. The smallest absolute Gasteiger partial charge is 0.129 e. The lowest BCUT2D eigenvalue weighted by Gasteiger charge is -2.14. The Morgan fingerprint density at radius 1 is 1.10 bits per heavy atom. The van der Waals surface area contributed by atoms with E-state index in [0.717, 1.165) is 27.7 Å². The number of nitrogens with two attached hydrogens (primary N) is 1. The minimum absolute atomic E-state index is 0.357. The number of fused-ring (bicyclic) bond motifs is 1. The highest BCUT2D eigenvalue weighted by Crippen LogP contribution is 2.28. The molecule has 4 nitrogen and oxygen atoms in total. The number of aryl methyl sites for hydroxylation is 2. The van der Waals surface area contributed by atoms with Gasteiger partial charge in [0, 0.05) is 22.8 Å². The van der Waals surface area contributed by atoms with Crippen LogP contribution < -0.4 is 5.73 Å². The van der Waals surface area contributed by atoms with Crippen molar-refractivity contribution < 1.29 is 5.11 Å². The number of hydrogen-bond donors (Lipinski definition) is 2. The molecule has 0 amide bonds. The summed E-state index contributed by atoms with van der Waals surface area (Å²) in [6, 6.07) is 11.6. The molecule has 0 saturated carbocycles. The molecule has 0 spiro atoms. The topological polar surface area (TPSA) is 72.0 Å². The first kappa shape index (κ1) is 13.5. The molecule has 0 fully saturated rings. The standard InChI is InChI=1S/C17H17N3O/c1-10-7-14(17(18)19-9-10)16(21)13-5-6-15-12(8-13)4-3-11(2)20-15/h3-9,16,21H,1-2H3,(H2,18,19). The summed E-state index contributed by atoms with van der Waals surface area (Å²) in [5.41, 5.74) is 10.2. The van der Waals surface area contributed by atoms with Crippen molar-refractivity contribution in [2.45, 2.75) is 20.0 Å². The summed E-state index contributed by atoms with van der Waals surface area (Å²) < 4.78 is 0. The first-order valence-electron chi connectivity index (χ1n) is 6.82. The van der Waals surface area contributed by atoms with Crippen LogP contribution in [0.15, 0.2) is 42.6 Å². The Morgan fingerprint density at radius 3 is 2.71 bits per heavy atom. The third-order valence-electron chi connectivity index (χ3n) is 3.55. The molecule has 0 bridgehead atoms. The largest absolute Gasteiger partial charge is 0.384 e. The second-order valence-electron chi connectivity index (χ2n) is 5.29. The van der Waals surface area contributed by atoms with Gasteiger partial charge in [0.2, 0.25) is 0 Å². The van der Waals surface area contributed by atoms with Crippen LogP contribution in [0.4, 0.5) is 5.82 Å². The lowest BCUT2D eigenvalue weighted by Crippen LogP contribution is -2.06. The Hall–Kier alpha value is -2.46. The minimum atomic E-state index is -0.789. The molecule has 1 aromatic carbocycles. The van der Waals surface area contributed by atoms with E-state index in [0.29, 0.717) is 11.4 Å². The van der Waals surface area contributed by atoms with E-state index in [-0.39, 0.29) is 0 Å². The second kappa shape index (κ2) is 5.14. The maximum absolute atomic E-state index is 10.6. The number of aromatic nitrogens is 2. The van der Waals surface area contributed by atoms with Gasteiger partial charge in [0.25, 0.3) is 0 Å². The van der Waals surface area contributed by atoms with Crippen molar-refractivity contribution in [3.8, 4) is 0 Å². The van der Waals surface area contributed by atoms with Crippen LogP contribution in [0.25, 0.3) is 10.9 Å². The Labute approximate surface area is 123 Å². The monoisotopic (exact) mass is 279 g/mol. The summed E-state index contributed by atoms with van der Waals surface area (Å²) in [6.07, 6.45) is 0.904. The zero-order chi connectivity index (χ0) is 15.0. The van der Waals surface area contributed by atoms with Crippen LogP contribution in [0.2, 0.25) is 0 Å². The van der Waals surface area contributed by atoms with E-state index < -0.39 is 6.10 Å². The Kier molecular flexibility index (Phi) is 3.31. The predicted octanol–water partition coefficient (Wildman–Crippen LogP) is 2.91. The average Bonchev–Trinajstić information content (AvgIpc) is 2.48. The van der Waals surface area contributed by atoms with Gasteiger partial charge in [0.15, 0.2) is 0 Å². The van der Waals surface area contributed by atoms with Crippen LogP contribution in [0.3, 0.4) is 0 Å². The van der Waals surface area contributed by atoms with E-state index in [1.807, 2.05) is 50.2 Å². The summed E-state index contributed by atoms with van der Waals surface area (Å²) in [7, 11) is 0. The first-order chi connectivity index (χ1) is 10.0. The number of nitrogen functional groups attached to an aromatic ring is 1. The van der Waals surface area contributed by atoms with Gasteiger partial charge in [-0.15, -0.1) is 0 Å². The first-order valence-corrected chi connectivity index (χ1v) is 6.82. The summed E-state index contributed by atoms with van der Waals surface area (Å²) in [5, 5.41) is 11.6. The zero-order valence-electron chi connectivity index (χ0n) is 12.0. The van der Waals surface area contributed by atoms with Crippen molar-refractivity contribution in [3.05, 3.63) is 65.0 Å². The summed E-state index contributed by atoms with van der Waals surface area (Å²) in [5.74, 6) is 0.357. The average molecular weight is 279 g/mol. The molecule has 1 unspecified atom stereocenters. The molecule has 106 valence electrons. The van der Waals surface area contributed by atoms with E-state index in [1.165, 1.54) is 0 Å². The molecule has 21 heavy (non-hydrogen) atoms. The summed E-state index contributed by atoms with van der Waals surface area (Å²) >= 11 is 0. The Morgan fingerprint density at radius 2 is 1.90 bits per heavy atom. The quantitative estimate of drug-likeness (QED) is 0.756. The van der Waals surface area contributed by atoms with Crippen LogP contribution in [-0.2, 0) is 0 Å². The third-order valence-corrected chi connectivity index (χ3v) is 3.55. The van der Waals surface area contributed by atoms with Crippen molar-refractivity contribution in [1.82, 2.24) is 9.97 Å². The van der Waals surface area contributed by atoms with Gasteiger partial charge >= 0.3 is 0 Å². The highest BCUT2D eigenvalue weighted by Gasteiger charge is 2.15. The number of rotatable bonds is 2. The summed E-state index contributed by atoms with van der Waals surface area (Å²) in [6.45, 7) is 3.89. The van der Waals surface area contributed by atoms with E-state index in [4.69, 9.17) is 5.73 Å². The normalized spacial score (nSPS) is 12.5. The lowest BCUT2D eigenvalue weighted by molar-refractivity contribution is 0.221. The third kappa shape index (κ3) is 2.58. The molecule has 3 rings (SSSR count). The predicted molar refractivity (Wildman–Crippen MR) is 83.9 cm³/mol. The molecule has 2 aromatic heterocycles. The van der Waals surface area contributed by atoms with Crippen LogP contribution in [0.5, 0.6) is 0 Å². The number of aliphatic hydroxyl groups excluding tert-OH is 1. The molecule has 0 aliphatic rings. The molecular formula is C17H17N3O. The van der Waals surface area contributed by atoms with Gasteiger partial charge in [0.1, 0.15) is 11.9 Å². The van der Waals surface area contributed by atoms with Crippen molar-refractivity contribution >= 4 is 16.7 Å². The van der Waals surface area contributed by atoms with E-state index in [2.05, 4.69) is 9.97 Å². The van der Waals surface area contributed by atoms with Crippen LogP contribution in [0.1, 0.15) is 28.5 Å². The zero-order valence-corrected chi connectivity index (χ0v) is 12.0. The van der Waals surface area contributed by atoms with E-state index in [9.17, 15) is 5.11 Å². The Balaban J connectivity index is 2.07. The molecule has 1 atom stereocenters. The second-order valence-corrected chi connectivity index (χ2v) is 5.29.